The van der Waals surface area contributed by atoms with Crippen LogP contribution in [0.5, 0.6) is 11.5 Å². The highest BCUT2D eigenvalue weighted by Gasteiger charge is 2.22. The highest BCUT2D eigenvalue weighted by atomic mass is 32.2. The van der Waals surface area contributed by atoms with Gasteiger partial charge in [0.05, 0.1) is 12.0 Å². The fourth-order valence-corrected chi connectivity index (χ4v) is 3.00. The smallest absolute Gasteiger partial charge is 0.263 e. The minimum Gasteiger partial charge on any atom is -0.504 e. The molecule has 1 fully saturated rings. The van der Waals surface area contributed by atoms with Crippen LogP contribution >= 0.6 is 24.0 Å². The molecule has 1 aliphatic rings. The van der Waals surface area contributed by atoms with E-state index < -0.39 is 0 Å². The van der Waals surface area contributed by atoms with Crippen LogP contribution in [0.2, 0.25) is 0 Å². The van der Waals surface area contributed by atoms with E-state index >= 15 is 0 Å². The zero-order valence-electron chi connectivity index (χ0n) is 11.2. The van der Waals surface area contributed by atoms with E-state index in [-0.39, 0.29) is 11.7 Å². The van der Waals surface area contributed by atoms with Gasteiger partial charge in [-0.2, -0.15) is 0 Å². The molecule has 0 saturated carbocycles. The van der Waals surface area contributed by atoms with Crippen molar-refractivity contribution < 1.29 is 14.6 Å². The van der Waals surface area contributed by atoms with E-state index in [1.165, 1.54) is 18.9 Å². The molecule has 4 nitrogen and oxygen atoms in total. The highest BCUT2D eigenvalue weighted by molar-refractivity contribution is 8.26. The van der Waals surface area contributed by atoms with Crippen LogP contribution in [-0.2, 0) is 11.2 Å². The standard InChI is InChI=1S/C14H15NO3S2/c1-3-4-9-5-8(6-10(18-2)12(9)16)7-11-13(17)15-14(19)20-11/h5-7,16H,3-4H2,1-2H3,(H,15,17,19)/b11-7-. The number of carbonyl (C=O) groups excluding carboxylic acids is 1. The Bertz CT molecular complexity index is 596. The molecule has 2 rings (SSSR count). The normalized spacial score (nSPS) is 16.6. The second-order valence-electron chi connectivity index (χ2n) is 4.33. The van der Waals surface area contributed by atoms with E-state index in [0.717, 1.165) is 24.0 Å². The van der Waals surface area contributed by atoms with E-state index in [4.69, 9.17) is 17.0 Å². The molecule has 1 aromatic carbocycles. The first kappa shape index (κ1) is 14.9. The Morgan fingerprint density at radius 3 is 2.80 bits per heavy atom. The fourth-order valence-electron chi connectivity index (χ4n) is 1.96. The van der Waals surface area contributed by atoms with Gasteiger partial charge in [0.2, 0.25) is 0 Å². The first-order valence-corrected chi connectivity index (χ1v) is 7.42. The fraction of sp³-hybridized carbons (Fsp3) is 0.286. The summed E-state index contributed by atoms with van der Waals surface area (Å²) in [6.45, 7) is 2.04. The quantitative estimate of drug-likeness (QED) is 0.661. The van der Waals surface area contributed by atoms with Crippen LogP contribution in [-0.4, -0.2) is 22.4 Å². The number of thioether (sulfide) groups is 1. The minimum atomic E-state index is -0.191. The zero-order valence-corrected chi connectivity index (χ0v) is 12.9. The molecule has 106 valence electrons. The molecule has 0 radical (unpaired) electrons. The van der Waals surface area contributed by atoms with Gasteiger partial charge in [0, 0.05) is 0 Å². The summed E-state index contributed by atoms with van der Waals surface area (Å²) in [5.74, 6) is 0.383. The summed E-state index contributed by atoms with van der Waals surface area (Å²) in [6, 6.07) is 3.57. The lowest BCUT2D eigenvalue weighted by Gasteiger charge is -2.10. The van der Waals surface area contributed by atoms with Crippen molar-refractivity contribution in [2.24, 2.45) is 0 Å². The Labute approximate surface area is 127 Å². The molecule has 1 aromatic rings. The summed E-state index contributed by atoms with van der Waals surface area (Å²) in [5.41, 5.74) is 1.62. The van der Waals surface area contributed by atoms with Crippen molar-refractivity contribution in [2.75, 3.05) is 7.11 Å². The van der Waals surface area contributed by atoms with Gasteiger partial charge in [-0.15, -0.1) is 0 Å². The largest absolute Gasteiger partial charge is 0.504 e. The molecule has 1 aliphatic heterocycles. The van der Waals surface area contributed by atoms with Crippen molar-refractivity contribution in [1.29, 1.82) is 0 Å². The third kappa shape index (κ3) is 3.13. The lowest BCUT2D eigenvalue weighted by Crippen LogP contribution is -2.17. The predicted molar refractivity (Wildman–Crippen MR) is 85.0 cm³/mol. The number of benzene rings is 1. The summed E-state index contributed by atoms with van der Waals surface area (Å²) in [7, 11) is 1.51. The number of phenolic OH excluding ortho intramolecular Hbond substituents is 1. The van der Waals surface area contributed by atoms with Gasteiger partial charge in [-0.25, -0.2) is 0 Å². The van der Waals surface area contributed by atoms with Crippen LogP contribution in [0.4, 0.5) is 0 Å². The number of ether oxygens (including phenoxy) is 1. The maximum absolute atomic E-state index is 11.7. The number of carbonyl (C=O) groups is 1. The average Bonchev–Trinajstić information content (AvgIpc) is 2.71. The van der Waals surface area contributed by atoms with Crippen LogP contribution in [0.1, 0.15) is 24.5 Å². The van der Waals surface area contributed by atoms with Crippen molar-refractivity contribution in [2.45, 2.75) is 19.8 Å². The van der Waals surface area contributed by atoms with E-state index in [9.17, 15) is 9.90 Å². The second-order valence-corrected chi connectivity index (χ2v) is 6.05. The van der Waals surface area contributed by atoms with Crippen molar-refractivity contribution in [3.63, 3.8) is 0 Å². The second kappa shape index (κ2) is 6.28. The number of rotatable bonds is 4. The SMILES string of the molecule is CCCc1cc(/C=C2\SC(=S)NC2=O)cc(OC)c1O. The summed E-state index contributed by atoms with van der Waals surface area (Å²) in [5, 5.41) is 12.6. The van der Waals surface area contributed by atoms with Gasteiger partial charge in [-0.3, -0.25) is 4.79 Å². The number of nitrogens with one attached hydrogen (secondary N) is 1. The van der Waals surface area contributed by atoms with Gasteiger partial charge >= 0.3 is 0 Å². The first-order valence-electron chi connectivity index (χ1n) is 6.20. The number of amides is 1. The number of aryl methyl sites for hydroxylation is 1. The third-order valence-corrected chi connectivity index (χ3v) is 4.02. The minimum absolute atomic E-state index is 0.163. The van der Waals surface area contributed by atoms with Gasteiger partial charge in [-0.05, 0) is 35.8 Å². The third-order valence-electron chi connectivity index (χ3n) is 2.86. The Kier molecular flexibility index (Phi) is 4.67. The van der Waals surface area contributed by atoms with Crippen LogP contribution in [0.25, 0.3) is 6.08 Å². The Morgan fingerprint density at radius 2 is 2.25 bits per heavy atom. The Morgan fingerprint density at radius 1 is 1.50 bits per heavy atom. The lowest BCUT2D eigenvalue weighted by molar-refractivity contribution is -0.115. The van der Waals surface area contributed by atoms with E-state index in [0.29, 0.717) is 15.0 Å². The number of hydrogen-bond donors (Lipinski definition) is 2. The van der Waals surface area contributed by atoms with Gasteiger partial charge in [-0.1, -0.05) is 37.3 Å². The van der Waals surface area contributed by atoms with E-state index in [1.54, 1.807) is 12.1 Å². The summed E-state index contributed by atoms with van der Waals surface area (Å²) < 4.78 is 5.63. The average molecular weight is 309 g/mol. The summed E-state index contributed by atoms with van der Waals surface area (Å²) >= 11 is 6.19. The Balaban J connectivity index is 2.41. The number of hydrogen-bond acceptors (Lipinski definition) is 5. The molecule has 20 heavy (non-hydrogen) atoms. The molecule has 0 atom stereocenters. The van der Waals surface area contributed by atoms with Crippen LogP contribution < -0.4 is 10.1 Å². The zero-order chi connectivity index (χ0) is 14.7. The van der Waals surface area contributed by atoms with Crippen LogP contribution in [0, 0.1) is 0 Å². The summed E-state index contributed by atoms with van der Waals surface area (Å²) in [6.07, 6.45) is 3.41. The molecule has 0 aromatic heterocycles. The molecule has 0 bridgehead atoms. The molecule has 6 heteroatoms. The van der Waals surface area contributed by atoms with Gasteiger partial charge < -0.3 is 15.2 Å². The van der Waals surface area contributed by atoms with E-state index in [1.807, 2.05) is 13.0 Å². The van der Waals surface area contributed by atoms with Crippen molar-refractivity contribution in [3.8, 4) is 11.5 Å². The molecule has 1 heterocycles. The molecule has 0 aliphatic carbocycles. The predicted octanol–water partition coefficient (Wildman–Crippen LogP) is 2.84. The van der Waals surface area contributed by atoms with Crippen LogP contribution in [0.3, 0.4) is 0 Å². The molecule has 2 N–H and O–H groups in total. The molecular weight excluding hydrogens is 294 g/mol. The van der Waals surface area contributed by atoms with Gasteiger partial charge in [0.15, 0.2) is 11.5 Å². The molecule has 1 saturated heterocycles. The van der Waals surface area contributed by atoms with Crippen molar-refractivity contribution >= 4 is 40.3 Å². The topological polar surface area (TPSA) is 58.6 Å². The summed E-state index contributed by atoms with van der Waals surface area (Å²) in [4.78, 5) is 12.2. The lowest BCUT2D eigenvalue weighted by atomic mass is 10.0. The van der Waals surface area contributed by atoms with Crippen molar-refractivity contribution in [1.82, 2.24) is 5.32 Å². The number of phenols is 1. The highest BCUT2D eigenvalue weighted by Crippen LogP contribution is 2.34. The molecule has 0 spiro atoms. The molecular formula is C14H15NO3S2. The van der Waals surface area contributed by atoms with Gasteiger partial charge in [0.1, 0.15) is 4.32 Å². The van der Waals surface area contributed by atoms with Crippen molar-refractivity contribution in [3.05, 3.63) is 28.2 Å². The number of thiocarbonyl (C=S) groups is 1. The van der Waals surface area contributed by atoms with Gasteiger partial charge in [0.25, 0.3) is 5.91 Å². The number of aromatic hydroxyl groups is 1. The molecule has 0 unspecified atom stereocenters. The maximum Gasteiger partial charge on any atom is 0.263 e. The first-order chi connectivity index (χ1) is 9.55. The van der Waals surface area contributed by atoms with Crippen LogP contribution in [0.15, 0.2) is 17.0 Å². The monoisotopic (exact) mass is 309 g/mol. The molecule has 1 amide bonds. The maximum atomic E-state index is 11.7. The van der Waals surface area contributed by atoms with E-state index in [2.05, 4.69) is 5.32 Å². The number of methoxy groups -OCH3 is 1. The Hall–Kier alpha value is -1.53.